The lowest BCUT2D eigenvalue weighted by Crippen LogP contribution is -2.29. The molecule has 1 heterocycles. The van der Waals surface area contributed by atoms with E-state index in [1.54, 1.807) is 36.4 Å². The van der Waals surface area contributed by atoms with E-state index in [2.05, 4.69) is 5.32 Å². The van der Waals surface area contributed by atoms with Crippen molar-refractivity contribution in [2.45, 2.75) is 0 Å². The summed E-state index contributed by atoms with van der Waals surface area (Å²) in [5.74, 6) is -0.959. The van der Waals surface area contributed by atoms with Gasteiger partial charge in [0.05, 0.1) is 11.8 Å². The zero-order chi connectivity index (χ0) is 13.0. The lowest BCUT2D eigenvalue weighted by atomic mass is 10.0. The number of carboxylic acid groups (broad SMARTS) is 1. The molecule has 0 atom stereocenters. The smallest absolute Gasteiger partial charge is 0.322 e. The molecule has 2 aromatic rings. The Labute approximate surface area is 103 Å². The second-order valence-electron chi connectivity index (χ2n) is 3.60. The Bertz CT molecular complexity index is 560. The van der Waals surface area contributed by atoms with E-state index in [4.69, 9.17) is 9.52 Å². The van der Waals surface area contributed by atoms with E-state index < -0.39 is 18.4 Å². The van der Waals surface area contributed by atoms with E-state index >= 15 is 0 Å². The highest BCUT2D eigenvalue weighted by molar-refractivity contribution is 6.01. The summed E-state index contributed by atoms with van der Waals surface area (Å²) in [5, 5.41) is 10.8. The Morgan fingerprint density at radius 2 is 1.94 bits per heavy atom. The third kappa shape index (κ3) is 2.57. The number of amides is 1. The quantitative estimate of drug-likeness (QED) is 0.860. The summed E-state index contributed by atoms with van der Waals surface area (Å²) in [6.07, 6.45) is 1.52. The van der Waals surface area contributed by atoms with Gasteiger partial charge in [-0.2, -0.15) is 0 Å². The topological polar surface area (TPSA) is 79.5 Å². The zero-order valence-corrected chi connectivity index (χ0v) is 9.42. The van der Waals surface area contributed by atoms with Gasteiger partial charge in [-0.25, -0.2) is 0 Å². The lowest BCUT2D eigenvalue weighted by Gasteiger charge is -2.06. The average molecular weight is 245 g/mol. The maximum Gasteiger partial charge on any atom is 0.322 e. The number of carbonyl (C=O) groups excluding carboxylic acids is 1. The summed E-state index contributed by atoms with van der Waals surface area (Å²) in [6, 6.07) is 10.3. The fourth-order valence-corrected chi connectivity index (χ4v) is 1.58. The number of nitrogens with one attached hydrogen (secondary N) is 1. The van der Waals surface area contributed by atoms with Gasteiger partial charge in [0.1, 0.15) is 12.3 Å². The van der Waals surface area contributed by atoms with Crippen LogP contribution in [0.3, 0.4) is 0 Å². The highest BCUT2D eigenvalue weighted by Crippen LogP contribution is 2.23. The molecule has 0 fully saturated rings. The van der Waals surface area contributed by atoms with Crippen LogP contribution < -0.4 is 5.32 Å². The van der Waals surface area contributed by atoms with Crippen LogP contribution in [0.4, 0.5) is 0 Å². The van der Waals surface area contributed by atoms with E-state index in [0.29, 0.717) is 16.9 Å². The number of carbonyl (C=O) groups is 2. The molecule has 0 spiro atoms. The van der Waals surface area contributed by atoms with E-state index in [-0.39, 0.29) is 0 Å². The molecule has 2 rings (SSSR count). The van der Waals surface area contributed by atoms with Gasteiger partial charge in [-0.15, -0.1) is 0 Å². The highest BCUT2D eigenvalue weighted by Gasteiger charge is 2.14. The van der Waals surface area contributed by atoms with E-state index in [9.17, 15) is 9.59 Å². The molecule has 0 radical (unpaired) electrons. The van der Waals surface area contributed by atoms with Gasteiger partial charge in [-0.05, 0) is 18.2 Å². The van der Waals surface area contributed by atoms with Gasteiger partial charge in [0.25, 0.3) is 5.91 Å². The summed E-state index contributed by atoms with van der Waals surface area (Å²) in [4.78, 5) is 22.3. The fourth-order valence-electron chi connectivity index (χ4n) is 1.58. The average Bonchev–Trinajstić information content (AvgIpc) is 2.89. The van der Waals surface area contributed by atoms with Crippen LogP contribution in [0, 0.1) is 0 Å². The molecule has 0 saturated heterocycles. The molecule has 0 aliphatic rings. The molecule has 18 heavy (non-hydrogen) atoms. The predicted molar refractivity (Wildman–Crippen MR) is 64.1 cm³/mol. The first-order chi connectivity index (χ1) is 8.68. The number of furan rings is 1. The van der Waals surface area contributed by atoms with Crippen molar-refractivity contribution in [3.8, 4) is 11.3 Å². The van der Waals surface area contributed by atoms with Crippen LogP contribution >= 0.6 is 0 Å². The van der Waals surface area contributed by atoms with Crippen LogP contribution in [0.5, 0.6) is 0 Å². The van der Waals surface area contributed by atoms with Crippen LogP contribution in [0.1, 0.15) is 10.4 Å². The fraction of sp³-hybridized carbons (Fsp3) is 0.0769. The summed E-state index contributed by atoms with van der Waals surface area (Å²) >= 11 is 0. The molecule has 0 bridgehead atoms. The number of hydrogen-bond acceptors (Lipinski definition) is 3. The van der Waals surface area contributed by atoms with Crippen LogP contribution in [0.25, 0.3) is 11.3 Å². The van der Waals surface area contributed by atoms with Crippen molar-refractivity contribution in [3.05, 3.63) is 48.2 Å². The van der Waals surface area contributed by atoms with E-state index in [0.717, 1.165) is 0 Å². The maximum atomic E-state index is 11.8. The third-order valence-electron chi connectivity index (χ3n) is 2.36. The van der Waals surface area contributed by atoms with Gasteiger partial charge in [0, 0.05) is 5.56 Å². The molecule has 0 unspecified atom stereocenters. The number of benzene rings is 1. The first-order valence-corrected chi connectivity index (χ1v) is 5.31. The number of hydrogen-bond donors (Lipinski definition) is 2. The largest absolute Gasteiger partial charge is 0.480 e. The van der Waals surface area contributed by atoms with Crippen molar-refractivity contribution in [2.24, 2.45) is 0 Å². The minimum atomic E-state index is -1.08. The summed E-state index contributed by atoms with van der Waals surface area (Å²) in [5.41, 5.74) is 1.01. The molecule has 1 aromatic heterocycles. The Morgan fingerprint density at radius 3 is 2.61 bits per heavy atom. The molecule has 5 nitrogen and oxygen atoms in total. The minimum Gasteiger partial charge on any atom is -0.480 e. The van der Waals surface area contributed by atoms with Gasteiger partial charge in [0.2, 0.25) is 0 Å². The standard InChI is InChI=1S/C13H11NO4/c15-12(16)8-14-13(17)10-5-2-1-4-9(10)11-6-3-7-18-11/h1-7H,8H2,(H,14,17)(H,15,16). The van der Waals surface area contributed by atoms with Crippen LogP contribution in [-0.4, -0.2) is 23.5 Å². The van der Waals surface area contributed by atoms with Gasteiger partial charge in [-0.1, -0.05) is 18.2 Å². The third-order valence-corrected chi connectivity index (χ3v) is 2.36. The first kappa shape index (κ1) is 11.9. The second kappa shape index (κ2) is 5.18. The summed E-state index contributed by atoms with van der Waals surface area (Å²) in [7, 11) is 0. The van der Waals surface area contributed by atoms with Crippen molar-refractivity contribution in [2.75, 3.05) is 6.54 Å². The Hall–Kier alpha value is -2.56. The van der Waals surface area contributed by atoms with Crippen molar-refractivity contribution >= 4 is 11.9 Å². The molecule has 2 N–H and O–H groups in total. The van der Waals surface area contributed by atoms with Crippen LogP contribution in [0.2, 0.25) is 0 Å². The monoisotopic (exact) mass is 245 g/mol. The number of carboxylic acids is 1. The molecule has 0 aliphatic carbocycles. The van der Waals surface area contributed by atoms with Gasteiger partial charge < -0.3 is 14.8 Å². The normalized spacial score (nSPS) is 10.0. The van der Waals surface area contributed by atoms with Gasteiger partial charge >= 0.3 is 5.97 Å². The lowest BCUT2D eigenvalue weighted by molar-refractivity contribution is -0.135. The Balaban J connectivity index is 2.28. The molecule has 0 saturated carbocycles. The van der Waals surface area contributed by atoms with E-state index in [1.807, 2.05) is 0 Å². The van der Waals surface area contributed by atoms with Gasteiger partial charge in [0.15, 0.2) is 0 Å². The second-order valence-corrected chi connectivity index (χ2v) is 3.60. The minimum absolute atomic E-state index is 0.383. The Kier molecular flexibility index (Phi) is 3.43. The molecular formula is C13H11NO4. The predicted octanol–water partition coefficient (Wildman–Crippen LogP) is 1.76. The maximum absolute atomic E-state index is 11.8. The van der Waals surface area contributed by atoms with Crippen molar-refractivity contribution in [1.82, 2.24) is 5.32 Å². The first-order valence-electron chi connectivity index (χ1n) is 5.31. The van der Waals surface area contributed by atoms with Crippen LogP contribution in [0.15, 0.2) is 47.1 Å². The summed E-state index contributed by atoms with van der Waals surface area (Å²) < 4.78 is 5.24. The number of rotatable bonds is 4. The SMILES string of the molecule is O=C(O)CNC(=O)c1ccccc1-c1ccco1. The molecule has 5 heteroatoms. The van der Waals surface area contributed by atoms with Crippen molar-refractivity contribution in [3.63, 3.8) is 0 Å². The van der Waals surface area contributed by atoms with Gasteiger partial charge in [-0.3, -0.25) is 9.59 Å². The molecule has 1 amide bonds. The highest BCUT2D eigenvalue weighted by atomic mass is 16.4. The molecule has 1 aromatic carbocycles. The Morgan fingerprint density at radius 1 is 1.17 bits per heavy atom. The molecular weight excluding hydrogens is 234 g/mol. The van der Waals surface area contributed by atoms with Crippen LogP contribution in [-0.2, 0) is 4.79 Å². The zero-order valence-electron chi connectivity index (χ0n) is 9.42. The van der Waals surface area contributed by atoms with Crippen molar-refractivity contribution < 1.29 is 19.1 Å². The van der Waals surface area contributed by atoms with E-state index in [1.165, 1.54) is 6.26 Å². The summed E-state index contributed by atoms with van der Waals surface area (Å²) in [6.45, 7) is -0.411. The number of aliphatic carboxylic acids is 1. The molecule has 0 aliphatic heterocycles. The molecule has 92 valence electrons. The van der Waals surface area contributed by atoms with Crippen molar-refractivity contribution in [1.29, 1.82) is 0 Å².